The van der Waals surface area contributed by atoms with Gasteiger partial charge in [-0.05, 0) is 24.1 Å². The van der Waals surface area contributed by atoms with Gasteiger partial charge in [0.1, 0.15) is 5.75 Å². The van der Waals surface area contributed by atoms with Gasteiger partial charge in [-0.1, -0.05) is 24.6 Å². The molecule has 0 radical (unpaired) electrons. The Kier molecular flexibility index (Phi) is 6.24. The van der Waals surface area contributed by atoms with Gasteiger partial charge in [0, 0.05) is 32.1 Å². The van der Waals surface area contributed by atoms with Crippen molar-refractivity contribution >= 4 is 23.4 Å². The first kappa shape index (κ1) is 17.6. The number of hydrogen-bond donors (Lipinski definition) is 2. The fraction of sp³-hybridized carbons (Fsp3) is 0.500. The second kappa shape index (κ2) is 8.17. The average Bonchev–Trinajstić information content (AvgIpc) is 2.85. The molecule has 7 heteroatoms. The van der Waals surface area contributed by atoms with E-state index in [0.29, 0.717) is 23.7 Å². The summed E-state index contributed by atoms with van der Waals surface area (Å²) in [5.74, 6) is 0.0892. The third-order valence-electron chi connectivity index (χ3n) is 3.67. The Morgan fingerprint density at radius 2 is 2.30 bits per heavy atom. The van der Waals surface area contributed by atoms with Crippen molar-refractivity contribution in [1.82, 2.24) is 10.2 Å². The Bertz CT molecular complexity index is 580. The second-order valence-corrected chi connectivity index (χ2v) is 6.05. The van der Waals surface area contributed by atoms with Crippen LogP contribution in [-0.2, 0) is 16.1 Å². The van der Waals surface area contributed by atoms with E-state index in [2.05, 4.69) is 12.2 Å². The van der Waals surface area contributed by atoms with Crippen molar-refractivity contribution in [3.8, 4) is 5.75 Å². The van der Waals surface area contributed by atoms with Crippen molar-refractivity contribution in [2.75, 3.05) is 19.7 Å². The van der Waals surface area contributed by atoms with Gasteiger partial charge in [0.05, 0.1) is 5.02 Å². The summed E-state index contributed by atoms with van der Waals surface area (Å²) in [5.41, 5.74) is 6.02. The molecule has 0 aliphatic carbocycles. The highest BCUT2D eigenvalue weighted by Crippen LogP contribution is 2.25. The number of likely N-dealkylation sites (tertiary alicyclic amines) is 1. The number of primary amides is 1. The highest BCUT2D eigenvalue weighted by atomic mass is 35.5. The molecule has 0 saturated carbocycles. The van der Waals surface area contributed by atoms with Crippen LogP contribution in [0.1, 0.15) is 25.3 Å². The lowest BCUT2D eigenvalue weighted by Crippen LogP contribution is -2.32. The number of benzene rings is 1. The van der Waals surface area contributed by atoms with E-state index >= 15 is 0 Å². The van der Waals surface area contributed by atoms with Gasteiger partial charge in [-0.25, -0.2) is 0 Å². The van der Waals surface area contributed by atoms with Gasteiger partial charge in [-0.15, -0.1) is 0 Å². The van der Waals surface area contributed by atoms with Gasteiger partial charge >= 0.3 is 0 Å². The molecule has 0 aromatic heterocycles. The third-order valence-corrected chi connectivity index (χ3v) is 3.96. The number of hydrogen-bond acceptors (Lipinski definition) is 4. The molecule has 6 nitrogen and oxygen atoms in total. The van der Waals surface area contributed by atoms with Crippen molar-refractivity contribution in [2.45, 2.75) is 32.4 Å². The fourth-order valence-electron chi connectivity index (χ4n) is 2.58. The van der Waals surface area contributed by atoms with Gasteiger partial charge in [0.15, 0.2) is 6.61 Å². The van der Waals surface area contributed by atoms with Crippen LogP contribution < -0.4 is 15.8 Å². The summed E-state index contributed by atoms with van der Waals surface area (Å²) >= 11 is 6.13. The van der Waals surface area contributed by atoms with E-state index in [1.165, 1.54) is 0 Å². The van der Waals surface area contributed by atoms with Crippen LogP contribution in [0.25, 0.3) is 0 Å². The van der Waals surface area contributed by atoms with Crippen molar-refractivity contribution in [2.24, 2.45) is 5.73 Å². The lowest BCUT2D eigenvalue weighted by molar-refractivity contribution is -0.127. The van der Waals surface area contributed by atoms with E-state index in [-0.39, 0.29) is 18.6 Å². The van der Waals surface area contributed by atoms with Crippen LogP contribution in [0.15, 0.2) is 18.2 Å². The van der Waals surface area contributed by atoms with E-state index in [0.717, 1.165) is 25.1 Å². The maximum Gasteiger partial charge on any atom is 0.255 e. The zero-order valence-corrected chi connectivity index (χ0v) is 13.9. The number of nitrogens with one attached hydrogen (secondary N) is 1. The van der Waals surface area contributed by atoms with Crippen LogP contribution in [0.5, 0.6) is 5.75 Å². The molecular formula is C16H22ClN3O3. The molecule has 1 aliphatic rings. The summed E-state index contributed by atoms with van der Waals surface area (Å²) in [4.78, 5) is 24.4. The van der Waals surface area contributed by atoms with E-state index in [9.17, 15) is 9.59 Å². The number of nitrogens with zero attached hydrogens (tertiary/aromatic N) is 1. The van der Waals surface area contributed by atoms with E-state index in [4.69, 9.17) is 22.1 Å². The summed E-state index contributed by atoms with van der Waals surface area (Å²) in [5, 5.41) is 3.81. The van der Waals surface area contributed by atoms with Crippen LogP contribution in [0.4, 0.5) is 0 Å². The first-order valence-corrected chi connectivity index (χ1v) is 8.08. The molecule has 0 bridgehead atoms. The second-order valence-electron chi connectivity index (χ2n) is 5.64. The predicted molar refractivity (Wildman–Crippen MR) is 88.3 cm³/mol. The van der Waals surface area contributed by atoms with Crippen molar-refractivity contribution < 1.29 is 14.3 Å². The SMILES string of the molecule is CCCN1CC(NCc2ccc(OCC(N)=O)c(Cl)c2)CC1=O. The van der Waals surface area contributed by atoms with Crippen LogP contribution in [0, 0.1) is 0 Å². The number of nitrogens with two attached hydrogens (primary N) is 1. The Morgan fingerprint density at radius 1 is 1.52 bits per heavy atom. The van der Waals surface area contributed by atoms with E-state index in [1.807, 2.05) is 11.0 Å². The minimum absolute atomic E-state index is 0.165. The largest absolute Gasteiger partial charge is 0.482 e. The van der Waals surface area contributed by atoms with Gasteiger partial charge in [0.25, 0.3) is 5.91 Å². The summed E-state index contributed by atoms with van der Waals surface area (Å²) in [6, 6.07) is 5.53. The molecule has 126 valence electrons. The number of carbonyl (C=O) groups excluding carboxylic acids is 2. The Labute approximate surface area is 140 Å². The number of carbonyl (C=O) groups is 2. The van der Waals surface area contributed by atoms with E-state index < -0.39 is 5.91 Å². The minimum Gasteiger partial charge on any atom is -0.482 e. The summed E-state index contributed by atoms with van der Waals surface area (Å²) in [6.45, 7) is 4.05. The monoisotopic (exact) mass is 339 g/mol. The minimum atomic E-state index is -0.547. The molecule has 1 saturated heterocycles. The van der Waals surface area contributed by atoms with Crippen LogP contribution >= 0.6 is 11.6 Å². The summed E-state index contributed by atoms with van der Waals surface area (Å²) in [6.07, 6.45) is 1.51. The molecule has 1 aliphatic heterocycles. The molecule has 3 N–H and O–H groups in total. The van der Waals surface area contributed by atoms with Gasteiger partial charge in [-0.3, -0.25) is 9.59 Å². The third kappa shape index (κ3) is 5.11. The first-order chi connectivity index (χ1) is 11.0. The normalized spacial score (nSPS) is 17.6. The standard InChI is InChI=1S/C16H22ClN3O3/c1-2-5-20-9-12(7-16(20)22)19-8-11-3-4-14(13(17)6-11)23-10-15(18)21/h3-4,6,12,19H,2,5,7-10H2,1H3,(H2,18,21). The number of ether oxygens (including phenoxy) is 1. The molecule has 23 heavy (non-hydrogen) atoms. The highest BCUT2D eigenvalue weighted by molar-refractivity contribution is 6.32. The van der Waals surface area contributed by atoms with Crippen molar-refractivity contribution in [3.63, 3.8) is 0 Å². The molecular weight excluding hydrogens is 318 g/mol. The van der Waals surface area contributed by atoms with Crippen LogP contribution in [0.3, 0.4) is 0 Å². The van der Waals surface area contributed by atoms with Gasteiger partial charge in [0.2, 0.25) is 5.91 Å². The Balaban J connectivity index is 1.85. The Morgan fingerprint density at radius 3 is 2.96 bits per heavy atom. The fourth-order valence-corrected chi connectivity index (χ4v) is 2.84. The smallest absolute Gasteiger partial charge is 0.255 e. The number of halogens is 1. The molecule has 1 heterocycles. The molecule has 2 rings (SSSR count). The quantitative estimate of drug-likeness (QED) is 0.747. The maximum atomic E-state index is 11.8. The zero-order chi connectivity index (χ0) is 16.8. The van der Waals surface area contributed by atoms with E-state index in [1.54, 1.807) is 12.1 Å². The zero-order valence-electron chi connectivity index (χ0n) is 13.2. The Hall–Kier alpha value is -1.79. The highest BCUT2D eigenvalue weighted by Gasteiger charge is 2.28. The van der Waals surface area contributed by atoms with Crippen molar-refractivity contribution in [1.29, 1.82) is 0 Å². The average molecular weight is 340 g/mol. The van der Waals surface area contributed by atoms with Crippen LogP contribution in [-0.4, -0.2) is 42.5 Å². The lowest BCUT2D eigenvalue weighted by atomic mass is 10.2. The molecule has 1 atom stereocenters. The first-order valence-electron chi connectivity index (χ1n) is 7.70. The molecule has 0 spiro atoms. The van der Waals surface area contributed by atoms with Gasteiger partial charge < -0.3 is 20.7 Å². The summed E-state index contributed by atoms with van der Waals surface area (Å²) < 4.78 is 5.21. The molecule has 1 aromatic carbocycles. The number of rotatable bonds is 8. The maximum absolute atomic E-state index is 11.8. The molecule has 2 amide bonds. The molecule has 1 unspecified atom stereocenters. The predicted octanol–water partition coefficient (Wildman–Crippen LogP) is 1.30. The lowest BCUT2D eigenvalue weighted by Gasteiger charge is -2.16. The molecule has 1 fully saturated rings. The van der Waals surface area contributed by atoms with Crippen LogP contribution in [0.2, 0.25) is 5.02 Å². The molecule has 1 aromatic rings. The van der Waals surface area contributed by atoms with Gasteiger partial charge in [-0.2, -0.15) is 0 Å². The summed E-state index contributed by atoms with van der Waals surface area (Å²) in [7, 11) is 0. The van der Waals surface area contributed by atoms with Crippen molar-refractivity contribution in [3.05, 3.63) is 28.8 Å². The number of amides is 2. The topological polar surface area (TPSA) is 84.7 Å².